The van der Waals surface area contributed by atoms with Crippen LogP contribution in [-0.2, 0) is 9.63 Å². The van der Waals surface area contributed by atoms with Crippen LogP contribution < -0.4 is 5.73 Å². The van der Waals surface area contributed by atoms with Crippen LogP contribution >= 0.6 is 11.3 Å². The molecule has 0 radical (unpaired) electrons. The van der Waals surface area contributed by atoms with E-state index in [4.69, 9.17) is 10.6 Å². The summed E-state index contributed by atoms with van der Waals surface area (Å²) in [4.78, 5) is 19.4. The number of carbonyl (C=O) groups is 1. The number of hydrogen-bond acceptors (Lipinski definition) is 6. The highest BCUT2D eigenvalue weighted by molar-refractivity contribution is 7.13. The summed E-state index contributed by atoms with van der Waals surface area (Å²) < 4.78 is 0. The fourth-order valence-electron chi connectivity index (χ4n) is 0.740. The lowest BCUT2D eigenvalue weighted by Crippen LogP contribution is -2.04. The average Bonchev–Trinajstić information content (AvgIpc) is 2.60. The number of thiazole rings is 1. The Morgan fingerprint density at radius 3 is 3.14 bits per heavy atom. The minimum atomic E-state index is 0.173. The van der Waals surface area contributed by atoms with Crippen LogP contribution in [-0.4, -0.2) is 23.6 Å². The molecule has 0 unspecified atom stereocenters. The molecule has 0 aromatic carbocycles. The Morgan fingerprint density at radius 1 is 1.86 bits per heavy atom. The van der Waals surface area contributed by atoms with E-state index in [0.717, 1.165) is 6.42 Å². The first kappa shape index (κ1) is 10.6. The van der Waals surface area contributed by atoms with Crippen LogP contribution in [0.3, 0.4) is 0 Å². The molecule has 0 saturated carbocycles. The number of hydrogen-bond donors (Lipinski definition) is 1. The van der Waals surface area contributed by atoms with E-state index in [9.17, 15) is 4.79 Å². The van der Waals surface area contributed by atoms with Gasteiger partial charge in [0.25, 0.3) is 0 Å². The van der Waals surface area contributed by atoms with Gasteiger partial charge < -0.3 is 10.6 Å². The van der Waals surface area contributed by atoms with Crippen molar-refractivity contribution in [2.24, 2.45) is 5.16 Å². The van der Waals surface area contributed by atoms with Gasteiger partial charge in [0.05, 0.1) is 0 Å². The first-order chi connectivity index (χ1) is 6.77. The van der Waals surface area contributed by atoms with E-state index in [1.807, 2.05) is 6.92 Å². The number of anilines is 1. The molecule has 1 rings (SSSR count). The highest BCUT2D eigenvalue weighted by Crippen LogP contribution is 2.11. The zero-order valence-electron chi connectivity index (χ0n) is 7.77. The monoisotopic (exact) mass is 213 g/mol. The van der Waals surface area contributed by atoms with E-state index < -0.39 is 0 Å². The highest BCUT2D eigenvalue weighted by Gasteiger charge is 2.06. The maximum absolute atomic E-state index is 10.6. The molecular weight excluding hydrogens is 202 g/mol. The van der Waals surface area contributed by atoms with E-state index in [0.29, 0.717) is 23.7 Å². The Bertz CT molecular complexity index is 335. The molecule has 1 heterocycles. The van der Waals surface area contributed by atoms with E-state index in [-0.39, 0.29) is 5.71 Å². The van der Waals surface area contributed by atoms with Gasteiger partial charge in [-0.2, -0.15) is 0 Å². The molecule has 2 N–H and O–H groups in total. The average molecular weight is 213 g/mol. The minimum absolute atomic E-state index is 0.173. The van der Waals surface area contributed by atoms with E-state index in [2.05, 4.69) is 10.1 Å². The van der Waals surface area contributed by atoms with Gasteiger partial charge in [0.15, 0.2) is 17.1 Å². The molecule has 1 aromatic heterocycles. The fraction of sp³-hybridized carbons (Fsp3) is 0.375. The number of nitrogens with zero attached hydrogens (tertiary/aromatic N) is 2. The molecule has 1 aromatic rings. The first-order valence-electron chi connectivity index (χ1n) is 4.14. The Kier molecular flexibility index (Phi) is 4.06. The largest absolute Gasteiger partial charge is 0.395 e. The number of rotatable bonds is 5. The maximum Gasteiger partial charge on any atom is 0.180 e. The first-order valence-corrected chi connectivity index (χ1v) is 5.02. The molecule has 0 atom stereocenters. The summed E-state index contributed by atoms with van der Waals surface area (Å²) in [5.41, 5.74) is 6.05. The molecule has 0 aliphatic rings. The predicted molar refractivity (Wildman–Crippen MR) is 55.4 cm³/mol. The third-order valence-electron chi connectivity index (χ3n) is 1.35. The van der Waals surface area contributed by atoms with Crippen molar-refractivity contribution >= 4 is 28.5 Å². The summed E-state index contributed by atoms with van der Waals surface area (Å²) in [5, 5.41) is 5.72. The van der Waals surface area contributed by atoms with Crippen molar-refractivity contribution in [3.63, 3.8) is 0 Å². The normalized spacial score (nSPS) is 11.4. The summed E-state index contributed by atoms with van der Waals surface area (Å²) in [7, 11) is 0. The van der Waals surface area contributed by atoms with Gasteiger partial charge in [0.2, 0.25) is 0 Å². The fourth-order valence-corrected chi connectivity index (χ4v) is 1.30. The van der Waals surface area contributed by atoms with Gasteiger partial charge in [-0.05, 0) is 6.42 Å². The molecule has 5 nitrogen and oxygen atoms in total. The summed E-state index contributed by atoms with van der Waals surface area (Å²) in [5.74, 6) is 0. The second-order valence-electron chi connectivity index (χ2n) is 2.50. The summed E-state index contributed by atoms with van der Waals surface area (Å²) in [6.07, 6.45) is 1.44. The third-order valence-corrected chi connectivity index (χ3v) is 2.03. The molecule has 14 heavy (non-hydrogen) atoms. The molecule has 76 valence electrons. The standard InChI is InChI=1S/C8H11N3O2S/c1-2-3-13-11-6(4-12)7-5-14-8(9)10-7/h4-5H,2-3H2,1H3,(H2,9,10). The zero-order chi connectivity index (χ0) is 10.4. The van der Waals surface area contributed by atoms with E-state index >= 15 is 0 Å². The van der Waals surface area contributed by atoms with Crippen molar-refractivity contribution in [3.05, 3.63) is 11.1 Å². The molecule has 0 saturated heterocycles. The number of carbonyl (C=O) groups excluding carboxylic acids is 1. The zero-order valence-corrected chi connectivity index (χ0v) is 8.58. The van der Waals surface area contributed by atoms with Gasteiger partial charge in [0, 0.05) is 5.38 Å². The van der Waals surface area contributed by atoms with Gasteiger partial charge in [-0.1, -0.05) is 12.1 Å². The van der Waals surface area contributed by atoms with E-state index in [1.165, 1.54) is 11.3 Å². The molecule has 6 heteroatoms. The van der Waals surface area contributed by atoms with Crippen LogP contribution in [0, 0.1) is 0 Å². The summed E-state index contributed by atoms with van der Waals surface area (Å²) in [6.45, 7) is 2.44. The number of aldehydes is 1. The van der Waals surface area contributed by atoms with Gasteiger partial charge in [-0.15, -0.1) is 11.3 Å². The van der Waals surface area contributed by atoms with Crippen molar-refractivity contribution in [2.75, 3.05) is 12.3 Å². The Morgan fingerprint density at radius 2 is 2.64 bits per heavy atom. The number of nitrogens with two attached hydrogens (primary N) is 1. The molecule has 0 bridgehead atoms. The van der Waals surface area contributed by atoms with Crippen LogP contribution in [0.4, 0.5) is 5.13 Å². The molecular formula is C8H11N3O2S. The molecule has 0 aliphatic carbocycles. The van der Waals surface area contributed by atoms with Crippen LogP contribution in [0.1, 0.15) is 19.0 Å². The maximum atomic E-state index is 10.6. The van der Waals surface area contributed by atoms with Gasteiger partial charge in [-0.25, -0.2) is 4.98 Å². The Labute approximate surface area is 85.6 Å². The molecule has 0 aliphatic heterocycles. The van der Waals surface area contributed by atoms with Crippen molar-refractivity contribution in [3.8, 4) is 0 Å². The van der Waals surface area contributed by atoms with Crippen molar-refractivity contribution in [2.45, 2.75) is 13.3 Å². The van der Waals surface area contributed by atoms with Crippen molar-refractivity contribution in [1.82, 2.24) is 4.98 Å². The third kappa shape index (κ3) is 2.81. The highest BCUT2D eigenvalue weighted by atomic mass is 32.1. The number of aromatic nitrogens is 1. The van der Waals surface area contributed by atoms with E-state index in [1.54, 1.807) is 5.38 Å². The van der Waals surface area contributed by atoms with Crippen LogP contribution in [0.2, 0.25) is 0 Å². The second kappa shape index (κ2) is 5.33. The number of nitrogen functional groups attached to an aromatic ring is 1. The van der Waals surface area contributed by atoms with Crippen molar-refractivity contribution in [1.29, 1.82) is 0 Å². The van der Waals surface area contributed by atoms with Crippen LogP contribution in [0.5, 0.6) is 0 Å². The molecule has 0 fully saturated rings. The molecule has 0 spiro atoms. The van der Waals surface area contributed by atoms with Gasteiger partial charge in [-0.3, -0.25) is 4.79 Å². The van der Waals surface area contributed by atoms with Crippen molar-refractivity contribution < 1.29 is 9.63 Å². The number of oxime groups is 1. The topological polar surface area (TPSA) is 77.6 Å². The second-order valence-corrected chi connectivity index (χ2v) is 3.39. The van der Waals surface area contributed by atoms with Crippen LogP contribution in [0.15, 0.2) is 10.5 Å². The summed E-state index contributed by atoms with van der Waals surface area (Å²) in [6, 6.07) is 0. The Hall–Kier alpha value is -1.43. The SMILES string of the molecule is CCCON=C(C=O)c1csc(N)n1. The molecule has 0 amide bonds. The lowest BCUT2D eigenvalue weighted by molar-refractivity contribution is -0.102. The minimum Gasteiger partial charge on any atom is -0.395 e. The quantitative estimate of drug-likeness (QED) is 0.343. The smallest absolute Gasteiger partial charge is 0.180 e. The lowest BCUT2D eigenvalue weighted by atomic mass is 10.3. The lowest BCUT2D eigenvalue weighted by Gasteiger charge is -1.96. The predicted octanol–water partition coefficient (Wildman–Crippen LogP) is 1.05. The Balaban J connectivity index is 2.71. The van der Waals surface area contributed by atoms with Crippen LogP contribution in [0.25, 0.3) is 0 Å². The van der Waals surface area contributed by atoms with Gasteiger partial charge in [0.1, 0.15) is 12.3 Å². The summed E-state index contributed by atoms with van der Waals surface area (Å²) >= 11 is 1.26. The van der Waals surface area contributed by atoms with Gasteiger partial charge >= 0.3 is 0 Å².